The summed E-state index contributed by atoms with van der Waals surface area (Å²) in [5.74, 6) is -0.431. The van der Waals surface area contributed by atoms with E-state index in [4.69, 9.17) is 4.42 Å². The maximum Gasteiger partial charge on any atom is 0.255 e. The number of carbonyl (C=O) groups is 1. The van der Waals surface area contributed by atoms with E-state index < -0.39 is 15.8 Å². The van der Waals surface area contributed by atoms with Crippen molar-refractivity contribution in [1.29, 1.82) is 0 Å². The minimum absolute atomic E-state index is 0.305. The molecular weight excluding hydrogens is 419 g/mol. The highest BCUT2D eigenvalue weighted by Gasteiger charge is 2.27. The van der Waals surface area contributed by atoms with Crippen LogP contribution < -0.4 is 9.62 Å². The largest absolute Gasteiger partial charge is 0.455 e. The maximum atomic E-state index is 13.4. The van der Waals surface area contributed by atoms with Gasteiger partial charge in [0.2, 0.25) is 10.0 Å². The molecule has 1 N–H and O–H groups in total. The van der Waals surface area contributed by atoms with Gasteiger partial charge in [-0.25, -0.2) is 12.8 Å². The first-order chi connectivity index (χ1) is 14.7. The van der Waals surface area contributed by atoms with Gasteiger partial charge in [0.1, 0.15) is 17.2 Å². The SMILES string of the molecule is CNC(=O)c1c(-c2ccc(F)cc2)oc2cc3c(cc12)C(C)=CCCCN3S(C)(=O)=O. The van der Waals surface area contributed by atoms with Gasteiger partial charge in [-0.2, -0.15) is 0 Å². The summed E-state index contributed by atoms with van der Waals surface area (Å²) >= 11 is 0. The number of nitrogens with zero attached hydrogens (tertiary/aromatic N) is 1. The summed E-state index contributed by atoms with van der Waals surface area (Å²) in [6.45, 7) is 2.28. The molecule has 0 unspecified atom stereocenters. The van der Waals surface area contributed by atoms with Crippen molar-refractivity contribution in [3.05, 3.63) is 59.4 Å². The molecule has 2 aromatic carbocycles. The molecule has 1 aromatic heterocycles. The second-order valence-corrected chi connectivity index (χ2v) is 9.53. The van der Waals surface area contributed by atoms with E-state index in [9.17, 15) is 17.6 Å². The number of furan rings is 1. The molecule has 4 rings (SSSR count). The normalized spacial score (nSPS) is 14.6. The lowest BCUT2D eigenvalue weighted by atomic mass is 9.97. The van der Waals surface area contributed by atoms with Crippen LogP contribution in [-0.2, 0) is 10.0 Å². The quantitative estimate of drug-likeness (QED) is 0.645. The number of amides is 1. The van der Waals surface area contributed by atoms with Gasteiger partial charge in [-0.3, -0.25) is 9.10 Å². The highest BCUT2D eigenvalue weighted by Crippen LogP contribution is 2.40. The molecule has 0 spiro atoms. The number of sulfonamides is 1. The molecule has 162 valence electrons. The van der Waals surface area contributed by atoms with Crippen LogP contribution in [0.15, 0.2) is 46.9 Å². The number of hydrogen-bond acceptors (Lipinski definition) is 4. The van der Waals surface area contributed by atoms with Crippen LogP contribution in [0.4, 0.5) is 10.1 Å². The summed E-state index contributed by atoms with van der Waals surface area (Å²) < 4.78 is 45.9. The molecule has 31 heavy (non-hydrogen) atoms. The van der Waals surface area contributed by atoms with Crippen molar-refractivity contribution < 1.29 is 22.0 Å². The average Bonchev–Trinajstić information content (AvgIpc) is 3.08. The standard InChI is InChI=1S/C23H23FN2O4S/c1-14-6-4-5-11-26(31(3,28)29)19-13-20-18(12-17(14)19)21(23(27)25-2)22(30-20)15-7-9-16(24)10-8-15/h6-10,12-13H,4-5,11H2,1-3H3,(H,25,27). The zero-order valence-electron chi connectivity index (χ0n) is 17.5. The minimum atomic E-state index is -3.51. The highest BCUT2D eigenvalue weighted by molar-refractivity contribution is 7.92. The number of allylic oxidation sites excluding steroid dienone is 2. The average molecular weight is 443 g/mol. The zero-order valence-corrected chi connectivity index (χ0v) is 18.3. The molecule has 0 radical (unpaired) electrons. The van der Waals surface area contributed by atoms with Crippen LogP contribution in [0.25, 0.3) is 27.9 Å². The van der Waals surface area contributed by atoms with E-state index >= 15 is 0 Å². The second-order valence-electron chi connectivity index (χ2n) is 7.62. The molecule has 8 heteroatoms. The third-order valence-electron chi connectivity index (χ3n) is 5.48. The zero-order chi connectivity index (χ0) is 22.3. The van der Waals surface area contributed by atoms with Crippen LogP contribution >= 0.6 is 0 Å². The van der Waals surface area contributed by atoms with Gasteiger partial charge in [0, 0.05) is 36.2 Å². The van der Waals surface area contributed by atoms with Crippen molar-refractivity contribution in [3.8, 4) is 11.3 Å². The summed E-state index contributed by atoms with van der Waals surface area (Å²) in [6.07, 6.45) is 4.71. The Hall–Kier alpha value is -3.13. The molecule has 1 amide bonds. The van der Waals surface area contributed by atoms with Gasteiger partial charge in [-0.15, -0.1) is 0 Å². The van der Waals surface area contributed by atoms with Crippen LogP contribution in [0.3, 0.4) is 0 Å². The number of benzene rings is 2. The summed E-state index contributed by atoms with van der Waals surface area (Å²) in [5.41, 5.74) is 3.44. The number of halogens is 1. The lowest BCUT2D eigenvalue weighted by Gasteiger charge is -2.26. The Morgan fingerprint density at radius 1 is 1.19 bits per heavy atom. The van der Waals surface area contributed by atoms with Crippen molar-refractivity contribution in [2.24, 2.45) is 0 Å². The number of rotatable bonds is 3. The van der Waals surface area contributed by atoms with Crippen molar-refractivity contribution in [3.63, 3.8) is 0 Å². The van der Waals surface area contributed by atoms with Crippen LogP contribution in [0.2, 0.25) is 0 Å². The van der Waals surface area contributed by atoms with Crippen molar-refractivity contribution >= 4 is 38.2 Å². The molecular formula is C23H23FN2O4S. The number of fused-ring (bicyclic) bond motifs is 2. The number of carbonyl (C=O) groups excluding carboxylic acids is 1. The predicted octanol–water partition coefficient (Wildman–Crippen LogP) is 4.56. The molecule has 0 saturated carbocycles. The van der Waals surface area contributed by atoms with Crippen molar-refractivity contribution in [2.45, 2.75) is 19.8 Å². The van der Waals surface area contributed by atoms with Gasteiger partial charge >= 0.3 is 0 Å². The van der Waals surface area contributed by atoms with Gasteiger partial charge in [-0.1, -0.05) is 6.08 Å². The Labute approximate surface area is 180 Å². The Morgan fingerprint density at radius 3 is 2.55 bits per heavy atom. The first-order valence-corrected chi connectivity index (χ1v) is 11.8. The van der Waals surface area contributed by atoms with Gasteiger partial charge in [-0.05, 0) is 55.7 Å². The number of nitrogens with one attached hydrogen (secondary N) is 1. The van der Waals surface area contributed by atoms with E-state index in [1.54, 1.807) is 24.3 Å². The molecule has 1 aliphatic rings. The van der Waals surface area contributed by atoms with Gasteiger partial charge in [0.15, 0.2) is 0 Å². The van der Waals surface area contributed by atoms with Gasteiger partial charge < -0.3 is 9.73 Å². The molecule has 6 nitrogen and oxygen atoms in total. The molecule has 0 fully saturated rings. The Balaban J connectivity index is 2.06. The monoisotopic (exact) mass is 442 g/mol. The summed E-state index contributed by atoms with van der Waals surface area (Å²) in [4.78, 5) is 12.8. The fourth-order valence-electron chi connectivity index (χ4n) is 3.94. The van der Waals surface area contributed by atoms with Gasteiger partial charge in [0.05, 0.1) is 17.5 Å². The summed E-state index contributed by atoms with van der Waals surface area (Å²) in [5, 5.41) is 3.20. The molecule has 0 aliphatic carbocycles. The number of anilines is 1. The van der Waals surface area contributed by atoms with Crippen LogP contribution in [0, 0.1) is 5.82 Å². The fourth-order valence-corrected chi connectivity index (χ4v) is 4.91. The topological polar surface area (TPSA) is 79.6 Å². The smallest absolute Gasteiger partial charge is 0.255 e. The highest BCUT2D eigenvalue weighted by atomic mass is 32.2. The van der Waals surface area contributed by atoms with Crippen molar-refractivity contribution in [2.75, 3.05) is 24.2 Å². The first kappa shape index (κ1) is 21.1. The summed E-state index contributed by atoms with van der Waals surface area (Å²) in [7, 11) is -1.98. The van der Waals surface area contributed by atoms with Crippen LogP contribution in [0.5, 0.6) is 0 Å². The van der Waals surface area contributed by atoms with Gasteiger partial charge in [0.25, 0.3) is 5.91 Å². The Kier molecular flexibility index (Phi) is 5.35. The Morgan fingerprint density at radius 2 is 1.90 bits per heavy atom. The Bertz CT molecular complexity index is 1310. The van der Waals surface area contributed by atoms with E-state index in [-0.39, 0.29) is 5.91 Å². The second kappa shape index (κ2) is 7.85. The molecule has 0 atom stereocenters. The van der Waals surface area contributed by atoms with Crippen molar-refractivity contribution in [1.82, 2.24) is 5.32 Å². The predicted molar refractivity (Wildman–Crippen MR) is 120 cm³/mol. The third-order valence-corrected chi connectivity index (χ3v) is 6.66. The lowest BCUT2D eigenvalue weighted by Crippen LogP contribution is -2.32. The number of hydrogen-bond donors (Lipinski definition) is 1. The molecule has 2 heterocycles. The van der Waals surface area contributed by atoms with E-state index in [1.807, 2.05) is 6.92 Å². The van der Waals surface area contributed by atoms with E-state index in [2.05, 4.69) is 11.4 Å². The van der Waals surface area contributed by atoms with E-state index in [0.717, 1.165) is 17.6 Å². The third kappa shape index (κ3) is 3.83. The molecule has 3 aromatic rings. The minimum Gasteiger partial charge on any atom is -0.455 e. The molecule has 0 saturated heterocycles. The maximum absolute atomic E-state index is 13.4. The first-order valence-electron chi connectivity index (χ1n) is 9.94. The fraction of sp³-hybridized carbons (Fsp3) is 0.261. The summed E-state index contributed by atoms with van der Waals surface area (Å²) in [6, 6.07) is 9.17. The van der Waals surface area contributed by atoms with Crippen LogP contribution in [-0.4, -0.2) is 34.2 Å². The van der Waals surface area contributed by atoms with E-state index in [1.165, 1.54) is 29.7 Å². The lowest BCUT2D eigenvalue weighted by molar-refractivity contribution is 0.0964. The van der Waals surface area contributed by atoms with Crippen LogP contribution in [0.1, 0.15) is 35.7 Å². The van der Waals surface area contributed by atoms with E-state index in [0.29, 0.717) is 46.5 Å². The molecule has 0 bridgehead atoms. The molecule has 1 aliphatic heterocycles.